The van der Waals surface area contributed by atoms with Crippen LogP contribution in [0.3, 0.4) is 0 Å². The van der Waals surface area contributed by atoms with E-state index in [9.17, 15) is 10.2 Å². The van der Waals surface area contributed by atoms with Gasteiger partial charge in [0.15, 0.2) is 0 Å². The number of rotatable bonds is 29. The Kier molecular flexibility index (Phi) is 24.6. The van der Waals surface area contributed by atoms with E-state index in [1.165, 1.54) is 77.0 Å². The minimum absolute atomic E-state index is 0.0882. The molecule has 0 rings (SSSR count). The molecule has 0 fully saturated rings. The maximum atomic E-state index is 9.78. The fraction of sp³-hybridized carbons (Fsp3) is 1.00. The van der Waals surface area contributed by atoms with Crippen LogP contribution in [0.4, 0.5) is 0 Å². The summed E-state index contributed by atoms with van der Waals surface area (Å²) < 4.78 is 25.3. The third-order valence-corrected chi connectivity index (χ3v) is 6.93. The number of hydrogen-bond acceptors (Lipinski definition) is 7. The highest BCUT2D eigenvalue weighted by Gasteiger charge is 2.59. The fourth-order valence-corrected chi connectivity index (χ4v) is 5.27. The van der Waals surface area contributed by atoms with Crippen molar-refractivity contribution in [1.82, 2.24) is 4.90 Å². The van der Waals surface area contributed by atoms with Crippen LogP contribution in [0.15, 0.2) is 0 Å². The van der Waals surface area contributed by atoms with Gasteiger partial charge in [-0.1, -0.05) is 90.4 Å². The number of unbranched alkanes of at least 4 members (excludes halogenated alkanes) is 13. The Hall–Kier alpha value is -0.280. The summed E-state index contributed by atoms with van der Waals surface area (Å²) in [5.41, 5.74) is 0. The molecule has 0 bridgehead atoms. The van der Waals surface area contributed by atoms with Crippen LogP contribution in [0.5, 0.6) is 0 Å². The highest BCUT2D eigenvalue weighted by atomic mass is 16.8. The van der Waals surface area contributed by atoms with Crippen LogP contribution in [-0.2, 0) is 18.9 Å². The molecular weight excluding hydrogens is 470 g/mol. The first-order valence-electron chi connectivity index (χ1n) is 15.6. The summed E-state index contributed by atoms with van der Waals surface area (Å²) in [5.74, 6) is -2.52. The van der Waals surface area contributed by atoms with Crippen LogP contribution < -0.4 is 0 Å². The van der Waals surface area contributed by atoms with E-state index < -0.39 is 11.7 Å². The number of nitrogens with zero attached hydrogens (tertiary/aromatic N) is 1. The maximum Gasteiger partial charge on any atom is 0.287 e. The van der Waals surface area contributed by atoms with Gasteiger partial charge in [-0.05, 0) is 34.1 Å². The summed E-state index contributed by atoms with van der Waals surface area (Å²) in [4.78, 5) is 1.83. The Balaban J connectivity index is 4.96. The second-order valence-corrected chi connectivity index (χ2v) is 9.85. The molecule has 7 heteroatoms. The third-order valence-electron chi connectivity index (χ3n) is 6.93. The van der Waals surface area contributed by atoms with Gasteiger partial charge in [-0.3, -0.25) is 0 Å². The van der Waals surface area contributed by atoms with Gasteiger partial charge in [0.05, 0.1) is 13.2 Å². The molecule has 37 heavy (non-hydrogen) atoms. The molecule has 0 aliphatic heterocycles. The topological polar surface area (TPSA) is 80.6 Å². The molecule has 0 saturated heterocycles. The minimum Gasteiger partial charge on any atom is -0.395 e. The second kappa shape index (κ2) is 24.7. The first kappa shape index (κ1) is 36.7. The lowest BCUT2D eigenvalue weighted by molar-refractivity contribution is -0.457. The SMILES string of the molecule is CCCCCCCCCCCCCCCCC(OCC)(OCC)C(OCC)(OCC)N(CCO)CCO. The van der Waals surface area contributed by atoms with Gasteiger partial charge in [0.25, 0.3) is 5.91 Å². The molecule has 0 amide bonds. The van der Waals surface area contributed by atoms with E-state index in [0.717, 1.165) is 12.8 Å². The van der Waals surface area contributed by atoms with Gasteiger partial charge in [0, 0.05) is 45.9 Å². The molecule has 0 aromatic heterocycles. The van der Waals surface area contributed by atoms with Gasteiger partial charge in [-0.25, -0.2) is 4.90 Å². The van der Waals surface area contributed by atoms with Crippen molar-refractivity contribution in [3.05, 3.63) is 0 Å². The van der Waals surface area contributed by atoms with Crippen LogP contribution in [0.1, 0.15) is 131 Å². The van der Waals surface area contributed by atoms with Gasteiger partial charge >= 0.3 is 0 Å². The van der Waals surface area contributed by atoms with Gasteiger partial charge < -0.3 is 29.2 Å². The molecule has 0 heterocycles. The number of ether oxygens (including phenoxy) is 4. The Labute approximate surface area is 229 Å². The molecular formula is C30H63NO6. The Bertz CT molecular complexity index is 461. The lowest BCUT2D eigenvalue weighted by atomic mass is 9.99. The van der Waals surface area contributed by atoms with Crippen molar-refractivity contribution in [2.45, 2.75) is 143 Å². The van der Waals surface area contributed by atoms with Crippen LogP contribution in [0.2, 0.25) is 0 Å². The average molecular weight is 534 g/mol. The second-order valence-electron chi connectivity index (χ2n) is 9.85. The molecule has 2 N–H and O–H groups in total. The molecule has 0 unspecified atom stereocenters. The molecule has 0 atom stereocenters. The largest absolute Gasteiger partial charge is 0.395 e. The van der Waals surface area contributed by atoms with Crippen molar-refractivity contribution in [3.63, 3.8) is 0 Å². The van der Waals surface area contributed by atoms with Crippen molar-refractivity contribution < 1.29 is 29.2 Å². The van der Waals surface area contributed by atoms with E-state index in [1.54, 1.807) is 0 Å². The smallest absolute Gasteiger partial charge is 0.287 e. The van der Waals surface area contributed by atoms with Crippen molar-refractivity contribution in [1.29, 1.82) is 0 Å². The van der Waals surface area contributed by atoms with Crippen LogP contribution in [-0.4, -0.2) is 79.5 Å². The standard InChI is InChI=1S/C30H63NO6/c1-6-11-12-13-14-15-16-17-18-19-20-21-22-23-24-29(34-7-2,35-8-3)30(36-9-4,37-10-5)31(25-27-32)26-28-33/h32-33H,6-28H2,1-5H3. The lowest BCUT2D eigenvalue weighted by Crippen LogP contribution is -2.70. The molecule has 0 aliphatic carbocycles. The highest BCUT2D eigenvalue weighted by molar-refractivity contribution is 4.91. The quantitative estimate of drug-likeness (QED) is 0.0824. The average Bonchev–Trinajstić information content (AvgIpc) is 2.88. The normalized spacial score (nSPS) is 12.6. The van der Waals surface area contributed by atoms with Crippen LogP contribution in [0.25, 0.3) is 0 Å². The molecule has 0 aromatic rings. The van der Waals surface area contributed by atoms with Gasteiger partial charge in [0.2, 0.25) is 5.79 Å². The van der Waals surface area contributed by atoms with Crippen molar-refractivity contribution >= 4 is 0 Å². The summed E-state index contributed by atoms with van der Waals surface area (Å²) in [5, 5.41) is 19.6. The predicted octanol–water partition coefficient (Wildman–Crippen LogP) is 6.64. The molecule has 224 valence electrons. The zero-order valence-corrected chi connectivity index (χ0v) is 25.2. The first-order chi connectivity index (χ1) is 18.1. The molecule has 0 radical (unpaired) electrons. The summed E-state index contributed by atoms with van der Waals surface area (Å²) in [7, 11) is 0. The summed E-state index contributed by atoms with van der Waals surface area (Å²) in [6.45, 7) is 12.0. The third kappa shape index (κ3) is 14.1. The molecule has 0 spiro atoms. The van der Waals surface area contributed by atoms with E-state index in [4.69, 9.17) is 18.9 Å². The Morgan fingerprint density at radius 3 is 1.16 bits per heavy atom. The van der Waals surface area contributed by atoms with Crippen LogP contribution in [0, 0.1) is 0 Å². The van der Waals surface area contributed by atoms with Crippen molar-refractivity contribution in [2.24, 2.45) is 0 Å². The van der Waals surface area contributed by atoms with Gasteiger partial charge in [-0.15, -0.1) is 0 Å². The Morgan fingerprint density at radius 1 is 0.486 bits per heavy atom. The van der Waals surface area contributed by atoms with Gasteiger partial charge in [0.1, 0.15) is 0 Å². The minimum atomic E-state index is -1.36. The molecule has 0 aliphatic rings. The maximum absolute atomic E-state index is 9.78. The van der Waals surface area contributed by atoms with Gasteiger partial charge in [-0.2, -0.15) is 0 Å². The summed E-state index contributed by atoms with van der Waals surface area (Å²) in [6, 6.07) is 0. The first-order valence-corrected chi connectivity index (χ1v) is 15.6. The van der Waals surface area contributed by atoms with Crippen LogP contribution >= 0.6 is 0 Å². The zero-order valence-electron chi connectivity index (χ0n) is 25.2. The van der Waals surface area contributed by atoms with E-state index in [0.29, 0.717) is 32.8 Å². The van der Waals surface area contributed by atoms with E-state index >= 15 is 0 Å². The molecule has 7 nitrogen and oxygen atoms in total. The number of hydrogen-bond donors (Lipinski definition) is 2. The van der Waals surface area contributed by atoms with E-state index in [2.05, 4.69) is 6.92 Å². The predicted molar refractivity (Wildman–Crippen MR) is 153 cm³/mol. The number of aliphatic hydroxyl groups is 2. The van der Waals surface area contributed by atoms with E-state index in [-0.39, 0.29) is 26.3 Å². The van der Waals surface area contributed by atoms with E-state index in [1.807, 2.05) is 32.6 Å². The monoisotopic (exact) mass is 533 g/mol. The zero-order chi connectivity index (χ0) is 27.7. The molecule has 0 saturated carbocycles. The Morgan fingerprint density at radius 2 is 0.838 bits per heavy atom. The summed E-state index contributed by atoms with van der Waals surface area (Å²) >= 11 is 0. The molecule has 0 aromatic carbocycles. The number of aliphatic hydroxyl groups excluding tert-OH is 2. The summed E-state index contributed by atoms with van der Waals surface area (Å²) in [6.07, 6.45) is 18.8. The highest BCUT2D eigenvalue weighted by Crippen LogP contribution is 2.40. The fourth-order valence-electron chi connectivity index (χ4n) is 5.27. The lowest BCUT2D eigenvalue weighted by Gasteiger charge is -2.52. The van der Waals surface area contributed by atoms with Crippen molar-refractivity contribution in [3.8, 4) is 0 Å². The van der Waals surface area contributed by atoms with Crippen molar-refractivity contribution in [2.75, 3.05) is 52.7 Å².